The summed E-state index contributed by atoms with van der Waals surface area (Å²) in [5.74, 6) is 1.46. The molecule has 2 heterocycles. The van der Waals surface area contributed by atoms with E-state index in [0.717, 1.165) is 11.5 Å². The largest absolute Gasteiger partial charge is 0.359 e. The van der Waals surface area contributed by atoms with E-state index >= 15 is 0 Å². The van der Waals surface area contributed by atoms with E-state index in [1.54, 1.807) is 18.1 Å². The Morgan fingerprint density at radius 2 is 2.38 bits per heavy atom. The molecule has 0 aliphatic carbocycles. The topological polar surface area (TPSA) is 58.1 Å². The third-order valence-corrected chi connectivity index (χ3v) is 2.03. The molecule has 68 valence electrons. The van der Waals surface area contributed by atoms with Crippen molar-refractivity contribution in [2.24, 2.45) is 0 Å². The van der Waals surface area contributed by atoms with Crippen LogP contribution in [0.4, 0.5) is 11.5 Å². The quantitative estimate of drug-likeness (QED) is 0.615. The third-order valence-electron chi connectivity index (χ3n) is 2.03. The van der Waals surface area contributed by atoms with Gasteiger partial charge in [-0.1, -0.05) is 0 Å². The maximum absolute atomic E-state index is 11.2. The fourth-order valence-corrected chi connectivity index (χ4v) is 1.25. The first-order chi connectivity index (χ1) is 6.18. The molecule has 1 aliphatic rings. The molecule has 0 aromatic carbocycles. The molecule has 5 heteroatoms. The summed E-state index contributed by atoms with van der Waals surface area (Å²) >= 11 is 0. The minimum atomic E-state index is 0.0277. The van der Waals surface area contributed by atoms with Crippen LogP contribution in [0.1, 0.15) is 5.82 Å². The van der Waals surface area contributed by atoms with Crippen molar-refractivity contribution >= 4 is 17.4 Å². The van der Waals surface area contributed by atoms with Gasteiger partial charge in [0.25, 0.3) is 0 Å². The number of likely N-dealkylation sites (N-methyl/N-ethyl adjacent to an activating group) is 1. The van der Waals surface area contributed by atoms with Crippen LogP contribution >= 0.6 is 0 Å². The molecule has 1 amide bonds. The first-order valence-electron chi connectivity index (χ1n) is 4.02. The van der Waals surface area contributed by atoms with Crippen molar-refractivity contribution in [1.29, 1.82) is 0 Å². The van der Waals surface area contributed by atoms with Gasteiger partial charge in [-0.2, -0.15) is 0 Å². The summed E-state index contributed by atoms with van der Waals surface area (Å²) in [5.41, 5.74) is 0.738. The molecule has 0 unspecified atom stereocenters. The lowest BCUT2D eigenvalue weighted by atomic mass is 10.3. The van der Waals surface area contributed by atoms with E-state index < -0.39 is 0 Å². The minimum Gasteiger partial charge on any atom is -0.359 e. The molecule has 1 aliphatic heterocycles. The number of aryl methyl sites for hydroxylation is 1. The second-order valence-corrected chi connectivity index (χ2v) is 2.96. The highest BCUT2D eigenvalue weighted by atomic mass is 16.2. The Labute approximate surface area is 75.8 Å². The summed E-state index contributed by atoms with van der Waals surface area (Å²) in [6.45, 7) is 2.12. The van der Waals surface area contributed by atoms with Crippen LogP contribution in [0.25, 0.3) is 0 Å². The Kier molecular flexibility index (Phi) is 1.65. The number of carbonyl (C=O) groups excluding carboxylic acids is 1. The number of fused-ring (bicyclic) bond motifs is 1. The number of hydrogen-bond donors (Lipinski definition) is 1. The van der Waals surface area contributed by atoms with Crippen molar-refractivity contribution in [2.45, 2.75) is 6.92 Å². The predicted molar refractivity (Wildman–Crippen MR) is 48.7 cm³/mol. The smallest absolute Gasteiger partial charge is 0.246 e. The zero-order valence-electron chi connectivity index (χ0n) is 7.53. The van der Waals surface area contributed by atoms with Crippen LogP contribution in [0, 0.1) is 6.92 Å². The van der Waals surface area contributed by atoms with Crippen LogP contribution in [0.5, 0.6) is 0 Å². The molecule has 0 spiro atoms. The molecule has 1 aromatic rings. The Hall–Kier alpha value is -1.65. The van der Waals surface area contributed by atoms with Gasteiger partial charge in [-0.25, -0.2) is 9.97 Å². The number of carbonyl (C=O) groups is 1. The molecule has 5 nitrogen and oxygen atoms in total. The summed E-state index contributed by atoms with van der Waals surface area (Å²) < 4.78 is 0. The van der Waals surface area contributed by atoms with Gasteiger partial charge in [0, 0.05) is 7.05 Å². The summed E-state index contributed by atoms with van der Waals surface area (Å²) in [4.78, 5) is 21.0. The fraction of sp³-hybridized carbons (Fsp3) is 0.375. The van der Waals surface area contributed by atoms with Gasteiger partial charge in [-0.3, -0.25) is 4.79 Å². The fourth-order valence-electron chi connectivity index (χ4n) is 1.25. The zero-order chi connectivity index (χ0) is 9.42. The van der Waals surface area contributed by atoms with Crippen LogP contribution < -0.4 is 10.2 Å². The number of anilines is 2. The third kappa shape index (κ3) is 1.22. The molecule has 0 saturated heterocycles. The Morgan fingerprint density at radius 3 is 3.15 bits per heavy atom. The highest BCUT2D eigenvalue weighted by molar-refractivity contribution is 6.01. The van der Waals surface area contributed by atoms with Crippen LogP contribution in [0.2, 0.25) is 0 Å². The Balaban J connectivity index is 2.49. The molecule has 0 bridgehead atoms. The van der Waals surface area contributed by atoms with Crippen LogP contribution in [0.3, 0.4) is 0 Å². The molecule has 13 heavy (non-hydrogen) atoms. The van der Waals surface area contributed by atoms with Crippen molar-refractivity contribution in [3.05, 3.63) is 12.0 Å². The van der Waals surface area contributed by atoms with Gasteiger partial charge in [0.1, 0.15) is 11.5 Å². The predicted octanol–water partition coefficient (Wildman–Crippen LogP) is 0.173. The van der Waals surface area contributed by atoms with Crippen LogP contribution in [-0.4, -0.2) is 29.5 Å². The van der Waals surface area contributed by atoms with Crippen LogP contribution in [0.15, 0.2) is 6.20 Å². The molecule has 0 fully saturated rings. The summed E-state index contributed by atoms with van der Waals surface area (Å²) in [6.07, 6.45) is 1.65. The second kappa shape index (κ2) is 2.69. The van der Waals surface area contributed by atoms with E-state index in [-0.39, 0.29) is 5.91 Å². The van der Waals surface area contributed by atoms with Gasteiger partial charge in [-0.15, -0.1) is 0 Å². The highest BCUT2D eigenvalue weighted by Gasteiger charge is 2.21. The van der Waals surface area contributed by atoms with Crippen molar-refractivity contribution in [3.63, 3.8) is 0 Å². The normalized spacial score (nSPS) is 15.2. The number of hydrogen-bond acceptors (Lipinski definition) is 4. The maximum atomic E-state index is 11.2. The van der Waals surface area contributed by atoms with Gasteiger partial charge >= 0.3 is 0 Å². The molecule has 0 radical (unpaired) electrons. The van der Waals surface area contributed by atoms with E-state index in [4.69, 9.17) is 0 Å². The minimum absolute atomic E-state index is 0.0277. The summed E-state index contributed by atoms with van der Waals surface area (Å²) in [5, 5.41) is 2.94. The van der Waals surface area contributed by atoms with E-state index in [1.807, 2.05) is 6.92 Å². The second-order valence-electron chi connectivity index (χ2n) is 2.96. The summed E-state index contributed by atoms with van der Waals surface area (Å²) in [6, 6.07) is 0. The van der Waals surface area contributed by atoms with E-state index in [9.17, 15) is 4.79 Å². The van der Waals surface area contributed by atoms with Gasteiger partial charge in [-0.05, 0) is 6.92 Å². The first kappa shape index (κ1) is 7.97. The van der Waals surface area contributed by atoms with Gasteiger partial charge in [0.2, 0.25) is 5.91 Å². The lowest BCUT2D eigenvalue weighted by molar-refractivity contribution is -0.116. The molecule has 0 saturated carbocycles. The van der Waals surface area contributed by atoms with Crippen molar-refractivity contribution < 1.29 is 4.79 Å². The Bertz CT molecular complexity index is 363. The van der Waals surface area contributed by atoms with Crippen molar-refractivity contribution in [2.75, 3.05) is 23.8 Å². The maximum Gasteiger partial charge on any atom is 0.246 e. The zero-order valence-corrected chi connectivity index (χ0v) is 7.53. The average molecular weight is 178 g/mol. The van der Waals surface area contributed by atoms with Gasteiger partial charge in [0.15, 0.2) is 5.82 Å². The number of aromatic nitrogens is 2. The molecular weight excluding hydrogens is 168 g/mol. The molecule has 1 N–H and O–H groups in total. The molecular formula is C8H10N4O. The lowest BCUT2D eigenvalue weighted by Gasteiger charge is -2.25. The van der Waals surface area contributed by atoms with E-state index in [2.05, 4.69) is 15.3 Å². The molecule has 0 atom stereocenters. The number of amides is 1. The van der Waals surface area contributed by atoms with Gasteiger partial charge in [0.05, 0.1) is 12.7 Å². The number of nitrogens with one attached hydrogen (secondary N) is 1. The molecule has 2 rings (SSSR count). The van der Waals surface area contributed by atoms with Gasteiger partial charge < -0.3 is 10.2 Å². The Morgan fingerprint density at radius 1 is 1.62 bits per heavy atom. The summed E-state index contributed by atoms with van der Waals surface area (Å²) in [7, 11) is 1.72. The average Bonchev–Trinajstić information content (AvgIpc) is 2.12. The first-order valence-corrected chi connectivity index (χ1v) is 4.02. The van der Waals surface area contributed by atoms with Crippen molar-refractivity contribution in [1.82, 2.24) is 9.97 Å². The van der Waals surface area contributed by atoms with Crippen molar-refractivity contribution in [3.8, 4) is 0 Å². The van der Waals surface area contributed by atoms with Crippen LogP contribution in [-0.2, 0) is 4.79 Å². The van der Waals surface area contributed by atoms with E-state index in [1.165, 1.54) is 0 Å². The monoisotopic (exact) mass is 178 g/mol. The SMILES string of the molecule is Cc1ncc2c(n1)NCC(=O)N2C. The number of nitrogens with zero attached hydrogens (tertiary/aromatic N) is 3. The molecule has 1 aromatic heterocycles. The van der Waals surface area contributed by atoms with E-state index in [0.29, 0.717) is 12.4 Å². The highest BCUT2D eigenvalue weighted by Crippen LogP contribution is 2.24. The standard InChI is InChI=1S/C8H10N4O/c1-5-9-3-6-8(11-5)10-4-7(13)12(6)2/h3H,4H2,1-2H3,(H,9,10,11). The number of rotatable bonds is 0. The lowest BCUT2D eigenvalue weighted by Crippen LogP contribution is -2.37.